The van der Waals surface area contributed by atoms with Gasteiger partial charge in [-0.05, 0) is 24.3 Å². The van der Waals surface area contributed by atoms with Crippen molar-refractivity contribution in [3.8, 4) is 11.3 Å². The molecular formula is C21H26FN7OS. The van der Waals surface area contributed by atoms with Crippen LogP contribution in [0, 0.1) is 5.82 Å². The summed E-state index contributed by atoms with van der Waals surface area (Å²) in [5.41, 5.74) is 2.80. The van der Waals surface area contributed by atoms with Gasteiger partial charge in [0.05, 0.1) is 23.7 Å². The molecule has 1 atom stereocenters. The van der Waals surface area contributed by atoms with E-state index in [0.717, 1.165) is 55.4 Å². The first-order chi connectivity index (χ1) is 15.1. The lowest BCUT2D eigenvalue weighted by molar-refractivity contribution is 0.249. The van der Waals surface area contributed by atoms with Crippen LogP contribution >= 0.6 is 0 Å². The number of aromatic nitrogens is 4. The van der Waals surface area contributed by atoms with Gasteiger partial charge in [-0.1, -0.05) is 0 Å². The highest BCUT2D eigenvalue weighted by atomic mass is 32.2. The van der Waals surface area contributed by atoms with Crippen LogP contribution in [0.2, 0.25) is 0 Å². The fourth-order valence-electron chi connectivity index (χ4n) is 3.66. The normalized spacial score (nSPS) is 15.9. The van der Waals surface area contributed by atoms with Crippen molar-refractivity contribution in [1.82, 2.24) is 29.4 Å². The smallest absolute Gasteiger partial charge is 0.155 e. The number of nitrogens with one attached hydrogen (secondary N) is 1. The molecule has 1 aliphatic heterocycles. The van der Waals surface area contributed by atoms with Gasteiger partial charge in [-0.25, -0.2) is 18.3 Å². The van der Waals surface area contributed by atoms with Gasteiger partial charge in [0, 0.05) is 75.2 Å². The van der Waals surface area contributed by atoms with E-state index in [9.17, 15) is 8.60 Å². The molecule has 10 heteroatoms. The molecule has 1 unspecified atom stereocenters. The van der Waals surface area contributed by atoms with Crippen LogP contribution < -0.4 is 9.62 Å². The molecule has 0 saturated carbocycles. The first kappa shape index (κ1) is 21.5. The van der Waals surface area contributed by atoms with Crippen LogP contribution in [-0.4, -0.2) is 67.8 Å². The molecule has 0 spiro atoms. The maximum atomic E-state index is 13.3. The quantitative estimate of drug-likeness (QED) is 0.571. The lowest BCUT2D eigenvalue weighted by Crippen LogP contribution is -2.46. The van der Waals surface area contributed by atoms with Crippen molar-refractivity contribution in [2.45, 2.75) is 13.1 Å². The molecule has 0 amide bonds. The van der Waals surface area contributed by atoms with Crippen molar-refractivity contribution in [3.05, 3.63) is 60.4 Å². The largest absolute Gasteiger partial charge is 0.352 e. The molecule has 2 aromatic heterocycles. The minimum atomic E-state index is -1.00. The van der Waals surface area contributed by atoms with Crippen molar-refractivity contribution in [1.29, 1.82) is 0 Å². The van der Waals surface area contributed by atoms with Gasteiger partial charge in [0.15, 0.2) is 5.82 Å². The summed E-state index contributed by atoms with van der Waals surface area (Å²) < 4.78 is 29.1. The van der Waals surface area contributed by atoms with Gasteiger partial charge in [-0.15, -0.1) is 0 Å². The monoisotopic (exact) mass is 443 g/mol. The molecule has 1 N–H and O–H groups in total. The Morgan fingerprint density at radius 2 is 1.84 bits per heavy atom. The molecule has 1 saturated heterocycles. The molecule has 1 aromatic carbocycles. The average molecular weight is 444 g/mol. The fraction of sp³-hybridized carbons (Fsp3) is 0.381. The van der Waals surface area contributed by atoms with E-state index in [-0.39, 0.29) is 5.82 Å². The number of benzene rings is 1. The third kappa shape index (κ3) is 5.72. The Balaban J connectivity index is 1.34. The number of rotatable bonds is 8. The summed E-state index contributed by atoms with van der Waals surface area (Å²) in [7, 11) is -1.00. The predicted molar refractivity (Wildman–Crippen MR) is 119 cm³/mol. The first-order valence-electron chi connectivity index (χ1n) is 10.2. The summed E-state index contributed by atoms with van der Waals surface area (Å²) in [5.74, 6) is 0.574. The minimum absolute atomic E-state index is 0.261. The topological polar surface area (TPSA) is 79.2 Å². The van der Waals surface area contributed by atoms with Gasteiger partial charge in [0.25, 0.3) is 0 Å². The van der Waals surface area contributed by atoms with Gasteiger partial charge in [0.1, 0.15) is 11.5 Å². The van der Waals surface area contributed by atoms with Crippen LogP contribution in [0.3, 0.4) is 0 Å². The van der Waals surface area contributed by atoms with Gasteiger partial charge >= 0.3 is 0 Å². The Kier molecular flexibility index (Phi) is 7.00. The summed E-state index contributed by atoms with van der Waals surface area (Å²) in [6, 6.07) is 6.38. The molecule has 0 aliphatic carbocycles. The van der Waals surface area contributed by atoms with Crippen LogP contribution in [0.4, 0.5) is 10.2 Å². The van der Waals surface area contributed by atoms with Crippen molar-refractivity contribution < 1.29 is 8.60 Å². The average Bonchev–Trinajstić information content (AvgIpc) is 3.22. The summed E-state index contributed by atoms with van der Waals surface area (Å²) in [5, 5.41) is 4.39. The van der Waals surface area contributed by atoms with E-state index < -0.39 is 11.0 Å². The lowest BCUT2D eigenvalue weighted by atomic mass is 10.1. The maximum Gasteiger partial charge on any atom is 0.155 e. The van der Waals surface area contributed by atoms with E-state index in [0.29, 0.717) is 13.1 Å². The second-order valence-corrected chi connectivity index (χ2v) is 8.66. The molecule has 164 valence electrons. The molecule has 0 bridgehead atoms. The van der Waals surface area contributed by atoms with E-state index in [2.05, 4.69) is 29.6 Å². The van der Waals surface area contributed by atoms with Crippen LogP contribution in [0.15, 0.2) is 49.1 Å². The summed E-state index contributed by atoms with van der Waals surface area (Å²) in [6.45, 7) is 5.64. The SMILES string of the molecule is CS(=O)NCCn1cc(CN2CCN(c3nccnc3-c3ccc(F)cc3)CC2)cn1. The second-order valence-electron chi connectivity index (χ2n) is 7.46. The summed E-state index contributed by atoms with van der Waals surface area (Å²) in [4.78, 5) is 13.7. The molecule has 3 heterocycles. The van der Waals surface area contributed by atoms with Crippen molar-refractivity contribution in [2.24, 2.45) is 0 Å². The Bertz CT molecular complexity index is 1020. The van der Waals surface area contributed by atoms with E-state index >= 15 is 0 Å². The molecule has 0 radical (unpaired) electrons. The van der Waals surface area contributed by atoms with Gasteiger partial charge in [-0.2, -0.15) is 5.10 Å². The van der Waals surface area contributed by atoms with Gasteiger partial charge in [0.2, 0.25) is 0 Å². The van der Waals surface area contributed by atoms with E-state index in [4.69, 9.17) is 0 Å². The molecule has 4 rings (SSSR count). The fourth-order valence-corrected chi connectivity index (χ4v) is 4.04. The van der Waals surface area contributed by atoms with Crippen LogP contribution in [0.5, 0.6) is 0 Å². The number of anilines is 1. The zero-order chi connectivity index (χ0) is 21.6. The molecular weight excluding hydrogens is 417 g/mol. The van der Waals surface area contributed by atoms with E-state index in [1.54, 1.807) is 30.8 Å². The Morgan fingerprint density at radius 1 is 1.10 bits per heavy atom. The van der Waals surface area contributed by atoms with E-state index in [1.165, 1.54) is 12.1 Å². The summed E-state index contributed by atoms with van der Waals surface area (Å²) >= 11 is 0. The van der Waals surface area contributed by atoms with Crippen molar-refractivity contribution >= 4 is 16.8 Å². The number of halogens is 1. The molecule has 8 nitrogen and oxygen atoms in total. The zero-order valence-electron chi connectivity index (χ0n) is 17.4. The highest BCUT2D eigenvalue weighted by molar-refractivity contribution is 7.82. The highest BCUT2D eigenvalue weighted by Gasteiger charge is 2.21. The number of hydrogen-bond acceptors (Lipinski definition) is 6. The van der Waals surface area contributed by atoms with Gasteiger partial charge < -0.3 is 4.90 Å². The summed E-state index contributed by atoms with van der Waals surface area (Å²) in [6.07, 6.45) is 8.93. The minimum Gasteiger partial charge on any atom is -0.352 e. The van der Waals surface area contributed by atoms with Crippen LogP contribution in [0.25, 0.3) is 11.3 Å². The standard InChI is InChI=1S/C21H26FN7OS/c1-31(30)26-8-9-29-16-17(14-25-29)15-27-10-12-28(13-11-27)21-20(23-6-7-24-21)18-2-4-19(22)5-3-18/h2-7,14,16,26H,8-13,15H2,1H3. The molecule has 1 fully saturated rings. The highest BCUT2D eigenvalue weighted by Crippen LogP contribution is 2.27. The Hall–Kier alpha value is -2.69. The van der Waals surface area contributed by atoms with Gasteiger partial charge in [-0.3, -0.25) is 14.6 Å². The number of piperazine rings is 1. The molecule has 1 aliphatic rings. The molecule has 31 heavy (non-hydrogen) atoms. The Morgan fingerprint density at radius 3 is 2.58 bits per heavy atom. The predicted octanol–water partition coefficient (Wildman–Crippen LogP) is 1.68. The maximum absolute atomic E-state index is 13.3. The first-order valence-corrected chi connectivity index (χ1v) is 11.8. The third-order valence-electron chi connectivity index (χ3n) is 5.21. The lowest BCUT2D eigenvalue weighted by Gasteiger charge is -2.35. The second kappa shape index (κ2) is 10.1. The number of nitrogens with zero attached hydrogens (tertiary/aromatic N) is 6. The third-order valence-corrected chi connectivity index (χ3v) is 5.82. The van der Waals surface area contributed by atoms with Crippen molar-refractivity contribution in [3.63, 3.8) is 0 Å². The molecule has 3 aromatic rings. The zero-order valence-corrected chi connectivity index (χ0v) is 18.3. The Labute approximate surface area is 183 Å². The van der Waals surface area contributed by atoms with E-state index in [1.807, 2.05) is 17.1 Å². The van der Waals surface area contributed by atoms with Crippen LogP contribution in [-0.2, 0) is 24.1 Å². The van der Waals surface area contributed by atoms with Crippen molar-refractivity contribution in [2.75, 3.05) is 43.9 Å². The number of hydrogen-bond donors (Lipinski definition) is 1. The van der Waals surface area contributed by atoms with Crippen LogP contribution in [0.1, 0.15) is 5.56 Å².